The van der Waals surface area contributed by atoms with E-state index in [0.717, 1.165) is 37.4 Å². The average molecular weight is 211 g/mol. The Morgan fingerprint density at radius 1 is 1.07 bits per heavy atom. The van der Waals surface area contributed by atoms with Gasteiger partial charge in [-0.1, -0.05) is 13.8 Å². The Balaban J connectivity index is 1.78. The summed E-state index contributed by atoms with van der Waals surface area (Å²) in [4.78, 5) is 2.52. The molecular formula is C13H25NO. The minimum atomic E-state index is -0.0483. The lowest BCUT2D eigenvalue weighted by Gasteiger charge is -2.35. The van der Waals surface area contributed by atoms with Gasteiger partial charge in [0.1, 0.15) is 0 Å². The van der Waals surface area contributed by atoms with Crippen LogP contribution < -0.4 is 0 Å². The summed E-state index contributed by atoms with van der Waals surface area (Å²) >= 11 is 0. The molecule has 88 valence electrons. The Labute approximate surface area is 93.7 Å². The molecule has 1 saturated heterocycles. The summed E-state index contributed by atoms with van der Waals surface area (Å²) < 4.78 is 0. The van der Waals surface area contributed by atoms with Gasteiger partial charge in [0.2, 0.25) is 0 Å². The van der Waals surface area contributed by atoms with Gasteiger partial charge in [-0.3, -0.25) is 4.90 Å². The van der Waals surface area contributed by atoms with Crippen molar-refractivity contribution < 1.29 is 5.11 Å². The first kappa shape index (κ1) is 11.4. The van der Waals surface area contributed by atoms with Crippen LogP contribution in [0.25, 0.3) is 0 Å². The lowest BCUT2D eigenvalue weighted by atomic mass is 9.79. The molecule has 1 heterocycles. The van der Waals surface area contributed by atoms with Crippen LogP contribution in [0.1, 0.15) is 46.0 Å². The SMILES string of the molecule is CC(C)C1CCC(N2CC[C@@H](O)C2)CC1. The fourth-order valence-corrected chi connectivity index (χ4v) is 3.23. The van der Waals surface area contributed by atoms with E-state index in [0.29, 0.717) is 0 Å². The first-order chi connectivity index (χ1) is 7.16. The molecule has 0 spiro atoms. The van der Waals surface area contributed by atoms with Crippen LogP contribution in [0.4, 0.5) is 0 Å². The predicted octanol–water partition coefficient (Wildman–Crippen LogP) is 2.27. The van der Waals surface area contributed by atoms with Crippen molar-refractivity contribution in [1.82, 2.24) is 4.90 Å². The summed E-state index contributed by atoms with van der Waals surface area (Å²) in [5.41, 5.74) is 0. The Bertz CT molecular complexity index is 197. The topological polar surface area (TPSA) is 23.5 Å². The zero-order valence-corrected chi connectivity index (χ0v) is 10.2. The Hall–Kier alpha value is -0.0800. The third kappa shape index (κ3) is 2.73. The normalized spacial score (nSPS) is 38.8. The van der Waals surface area contributed by atoms with Gasteiger partial charge in [-0.25, -0.2) is 0 Å². The van der Waals surface area contributed by atoms with Gasteiger partial charge < -0.3 is 5.11 Å². The number of rotatable bonds is 2. The summed E-state index contributed by atoms with van der Waals surface area (Å²) in [6, 6.07) is 0.775. The summed E-state index contributed by atoms with van der Waals surface area (Å²) in [7, 11) is 0. The minimum Gasteiger partial charge on any atom is -0.392 e. The molecule has 2 rings (SSSR count). The first-order valence-electron chi connectivity index (χ1n) is 6.59. The van der Waals surface area contributed by atoms with Gasteiger partial charge in [-0.15, -0.1) is 0 Å². The van der Waals surface area contributed by atoms with Crippen molar-refractivity contribution in [3.05, 3.63) is 0 Å². The molecule has 2 nitrogen and oxygen atoms in total. The maximum Gasteiger partial charge on any atom is 0.0679 e. The van der Waals surface area contributed by atoms with E-state index in [1.807, 2.05) is 0 Å². The van der Waals surface area contributed by atoms with Gasteiger partial charge in [0.15, 0.2) is 0 Å². The number of β-amino-alcohol motifs (C(OH)–C–C–N with tert-alkyl or cyclic N) is 1. The number of aliphatic hydroxyl groups is 1. The standard InChI is InChI=1S/C13H25NO/c1-10(2)11-3-5-12(6-4-11)14-8-7-13(15)9-14/h10-13,15H,3-9H2,1-2H3/t11?,12?,13-/m1/s1. The van der Waals surface area contributed by atoms with Crippen LogP contribution in [0, 0.1) is 11.8 Å². The lowest BCUT2D eigenvalue weighted by Crippen LogP contribution is -2.37. The Kier molecular flexibility index (Phi) is 3.68. The molecule has 1 aliphatic heterocycles. The van der Waals surface area contributed by atoms with E-state index in [1.54, 1.807) is 0 Å². The van der Waals surface area contributed by atoms with E-state index in [-0.39, 0.29) is 6.10 Å². The van der Waals surface area contributed by atoms with Crippen molar-refractivity contribution in [1.29, 1.82) is 0 Å². The van der Waals surface area contributed by atoms with Crippen molar-refractivity contribution >= 4 is 0 Å². The fraction of sp³-hybridized carbons (Fsp3) is 1.00. The molecule has 1 aliphatic carbocycles. The van der Waals surface area contributed by atoms with Gasteiger partial charge in [0, 0.05) is 19.1 Å². The van der Waals surface area contributed by atoms with E-state index in [1.165, 1.54) is 25.7 Å². The molecule has 1 N–H and O–H groups in total. The predicted molar refractivity (Wildman–Crippen MR) is 62.8 cm³/mol. The second-order valence-electron chi connectivity index (χ2n) is 5.75. The summed E-state index contributed by atoms with van der Waals surface area (Å²) in [6.45, 7) is 6.75. The molecule has 0 bridgehead atoms. The summed E-state index contributed by atoms with van der Waals surface area (Å²) in [5.74, 6) is 1.81. The molecule has 0 aromatic carbocycles. The van der Waals surface area contributed by atoms with Crippen LogP contribution in [0.15, 0.2) is 0 Å². The van der Waals surface area contributed by atoms with Crippen LogP contribution in [-0.2, 0) is 0 Å². The molecule has 0 amide bonds. The maximum absolute atomic E-state index is 9.53. The number of hydrogen-bond donors (Lipinski definition) is 1. The Morgan fingerprint density at radius 2 is 1.73 bits per heavy atom. The summed E-state index contributed by atoms with van der Waals surface area (Å²) in [5, 5.41) is 9.53. The average Bonchev–Trinajstić information content (AvgIpc) is 2.65. The molecule has 0 radical (unpaired) electrons. The molecule has 0 unspecified atom stereocenters. The van der Waals surface area contributed by atoms with Gasteiger partial charge >= 0.3 is 0 Å². The number of nitrogens with zero attached hydrogens (tertiary/aromatic N) is 1. The van der Waals surface area contributed by atoms with Crippen molar-refractivity contribution in [2.24, 2.45) is 11.8 Å². The van der Waals surface area contributed by atoms with Crippen molar-refractivity contribution in [3.63, 3.8) is 0 Å². The molecule has 0 aromatic rings. The maximum atomic E-state index is 9.53. The highest BCUT2D eigenvalue weighted by molar-refractivity contribution is 4.85. The Morgan fingerprint density at radius 3 is 2.20 bits per heavy atom. The zero-order chi connectivity index (χ0) is 10.8. The van der Waals surface area contributed by atoms with Crippen LogP contribution in [-0.4, -0.2) is 35.2 Å². The van der Waals surface area contributed by atoms with Crippen LogP contribution >= 0.6 is 0 Å². The monoisotopic (exact) mass is 211 g/mol. The fourth-order valence-electron chi connectivity index (χ4n) is 3.23. The third-order valence-corrected chi connectivity index (χ3v) is 4.40. The molecule has 1 saturated carbocycles. The van der Waals surface area contributed by atoms with E-state index in [2.05, 4.69) is 18.7 Å². The van der Waals surface area contributed by atoms with Crippen LogP contribution in [0.3, 0.4) is 0 Å². The van der Waals surface area contributed by atoms with Gasteiger partial charge in [0.05, 0.1) is 6.10 Å². The molecule has 0 aromatic heterocycles. The highest BCUT2D eigenvalue weighted by Gasteiger charge is 2.30. The van der Waals surface area contributed by atoms with E-state index in [9.17, 15) is 5.11 Å². The smallest absolute Gasteiger partial charge is 0.0679 e. The van der Waals surface area contributed by atoms with Gasteiger partial charge in [-0.2, -0.15) is 0 Å². The lowest BCUT2D eigenvalue weighted by molar-refractivity contribution is 0.121. The second kappa shape index (κ2) is 4.84. The van der Waals surface area contributed by atoms with Crippen molar-refractivity contribution in [2.75, 3.05) is 13.1 Å². The molecule has 2 heteroatoms. The molecule has 2 fully saturated rings. The summed E-state index contributed by atoms with van der Waals surface area (Å²) in [6.07, 6.45) is 6.45. The van der Waals surface area contributed by atoms with Crippen LogP contribution in [0.5, 0.6) is 0 Å². The minimum absolute atomic E-state index is 0.0483. The molecular weight excluding hydrogens is 186 g/mol. The highest BCUT2D eigenvalue weighted by Crippen LogP contribution is 2.33. The molecule has 2 aliphatic rings. The second-order valence-corrected chi connectivity index (χ2v) is 5.75. The van der Waals surface area contributed by atoms with Gasteiger partial charge in [0.25, 0.3) is 0 Å². The molecule has 1 atom stereocenters. The molecule has 15 heavy (non-hydrogen) atoms. The largest absolute Gasteiger partial charge is 0.392 e. The van der Waals surface area contributed by atoms with Crippen LogP contribution in [0.2, 0.25) is 0 Å². The van der Waals surface area contributed by atoms with E-state index in [4.69, 9.17) is 0 Å². The number of hydrogen-bond acceptors (Lipinski definition) is 2. The van der Waals surface area contributed by atoms with Gasteiger partial charge in [-0.05, 0) is 43.9 Å². The van der Waals surface area contributed by atoms with E-state index < -0.39 is 0 Å². The van der Waals surface area contributed by atoms with E-state index >= 15 is 0 Å². The third-order valence-electron chi connectivity index (χ3n) is 4.40. The quantitative estimate of drug-likeness (QED) is 0.757. The number of aliphatic hydroxyl groups excluding tert-OH is 1. The first-order valence-corrected chi connectivity index (χ1v) is 6.59. The van der Waals surface area contributed by atoms with Crippen molar-refractivity contribution in [3.8, 4) is 0 Å². The zero-order valence-electron chi connectivity index (χ0n) is 10.2. The number of likely N-dealkylation sites (tertiary alicyclic amines) is 1. The highest BCUT2D eigenvalue weighted by atomic mass is 16.3. The van der Waals surface area contributed by atoms with Crippen molar-refractivity contribution in [2.45, 2.75) is 58.1 Å².